The van der Waals surface area contributed by atoms with Gasteiger partial charge in [-0.1, -0.05) is 27.5 Å². The summed E-state index contributed by atoms with van der Waals surface area (Å²) in [6, 6.07) is 5.41. The minimum atomic E-state index is 0.184. The Bertz CT molecular complexity index is 336. The van der Waals surface area contributed by atoms with Crippen LogP contribution in [-0.2, 0) is 0 Å². The molecule has 0 fully saturated rings. The number of alkyl halides is 1. The van der Waals surface area contributed by atoms with Crippen molar-refractivity contribution in [1.29, 1.82) is 0 Å². The topological polar surface area (TPSA) is 17.1 Å². The third-order valence-corrected chi connectivity index (χ3v) is 3.00. The average molecular weight is 276 g/mol. The molecule has 0 bridgehead atoms. The molecule has 0 unspecified atom stereocenters. The number of carbonyl (C=O) groups is 1. The lowest BCUT2D eigenvalue weighted by Gasteiger charge is -2.02. The second-order valence-corrected chi connectivity index (χ2v) is 4.38. The van der Waals surface area contributed by atoms with Gasteiger partial charge in [-0.25, -0.2) is 0 Å². The van der Waals surface area contributed by atoms with Gasteiger partial charge < -0.3 is 0 Å². The summed E-state index contributed by atoms with van der Waals surface area (Å²) in [6.45, 7) is 1.91. The predicted octanol–water partition coefficient (Wildman–Crippen LogP) is 4.01. The molecular weight excluding hydrogens is 263 g/mol. The fraction of sp³-hybridized carbons (Fsp3) is 0.364. The summed E-state index contributed by atoms with van der Waals surface area (Å²) >= 11 is 9.17. The van der Waals surface area contributed by atoms with Crippen molar-refractivity contribution >= 4 is 33.3 Å². The van der Waals surface area contributed by atoms with Gasteiger partial charge in [0.05, 0.1) is 0 Å². The summed E-state index contributed by atoms with van der Waals surface area (Å²) in [4.78, 5) is 11.6. The SMILES string of the molecule is Cc1cc(C(=O)CCCBr)ccc1Cl. The Labute approximate surface area is 97.6 Å². The van der Waals surface area contributed by atoms with E-state index < -0.39 is 0 Å². The van der Waals surface area contributed by atoms with E-state index >= 15 is 0 Å². The lowest BCUT2D eigenvalue weighted by Crippen LogP contribution is -1.99. The zero-order valence-electron chi connectivity index (χ0n) is 8.02. The van der Waals surface area contributed by atoms with Crippen molar-refractivity contribution in [3.63, 3.8) is 0 Å². The average Bonchev–Trinajstić information content (AvgIpc) is 2.18. The summed E-state index contributed by atoms with van der Waals surface area (Å²) < 4.78 is 0. The molecule has 0 saturated heterocycles. The van der Waals surface area contributed by atoms with Crippen LogP contribution in [0.5, 0.6) is 0 Å². The summed E-state index contributed by atoms with van der Waals surface area (Å²) in [5, 5.41) is 1.58. The highest BCUT2D eigenvalue weighted by atomic mass is 79.9. The van der Waals surface area contributed by atoms with Crippen LogP contribution < -0.4 is 0 Å². The number of benzene rings is 1. The maximum Gasteiger partial charge on any atom is 0.162 e. The molecule has 0 atom stereocenters. The monoisotopic (exact) mass is 274 g/mol. The van der Waals surface area contributed by atoms with Crippen molar-refractivity contribution < 1.29 is 4.79 Å². The van der Waals surface area contributed by atoms with Gasteiger partial charge in [0.15, 0.2) is 5.78 Å². The van der Waals surface area contributed by atoms with E-state index in [0.29, 0.717) is 11.4 Å². The van der Waals surface area contributed by atoms with Crippen molar-refractivity contribution in [2.75, 3.05) is 5.33 Å². The standard InChI is InChI=1S/C11H12BrClO/c1-8-7-9(4-5-10(8)13)11(14)3-2-6-12/h4-5,7H,2-3,6H2,1H3. The van der Waals surface area contributed by atoms with Crippen LogP contribution in [0.25, 0.3) is 0 Å². The predicted molar refractivity (Wildman–Crippen MR) is 63.5 cm³/mol. The van der Waals surface area contributed by atoms with Gasteiger partial charge in [-0.05, 0) is 37.1 Å². The summed E-state index contributed by atoms with van der Waals surface area (Å²) in [6.07, 6.45) is 1.47. The van der Waals surface area contributed by atoms with Gasteiger partial charge in [0, 0.05) is 22.3 Å². The van der Waals surface area contributed by atoms with Crippen LogP contribution in [0.4, 0.5) is 0 Å². The van der Waals surface area contributed by atoms with Crippen molar-refractivity contribution in [1.82, 2.24) is 0 Å². The highest BCUT2D eigenvalue weighted by molar-refractivity contribution is 9.09. The van der Waals surface area contributed by atoms with Gasteiger partial charge in [0.2, 0.25) is 0 Å². The van der Waals surface area contributed by atoms with Gasteiger partial charge in [0.1, 0.15) is 0 Å². The first-order chi connectivity index (χ1) is 6.65. The molecule has 0 amide bonds. The summed E-state index contributed by atoms with van der Waals surface area (Å²) in [5.41, 5.74) is 1.71. The minimum absolute atomic E-state index is 0.184. The molecule has 1 aromatic rings. The second-order valence-electron chi connectivity index (χ2n) is 3.18. The Kier molecular flexibility index (Phi) is 4.63. The Balaban J connectivity index is 2.76. The molecule has 0 radical (unpaired) electrons. The van der Waals surface area contributed by atoms with Crippen LogP contribution in [0.15, 0.2) is 18.2 Å². The number of ketones is 1. The molecule has 0 aliphatic heterocycles. The summed E-state index contributed by atoms with van der Waals surface area (Å²) in [7, 11) is 0. The lowest BCUT2D eigenvalue weighted by atomic mass is 10.0. The third-order valence-electron chi connectivity index (χ3n) is 2.02. The first-order valence-electron chi connectivity index (χ1n) is 4.50. The quantitative estimate of drug-likeness (QED) is 0.599. The van der Waals surface area contributed by atoms with Crippen LogP contribution >= 0.6 is 27.5 Å². The maximum absolute atomic E-state index is 11.6. The molecule has 0 aromatic heterocycles. The van der Waals surface area contributed by atoms with Crippen LogP contribution in [0.3, 0.4) is 0 Å². The molecule has 0 aliphatic rings. The zero-order chi connectivity index (χ0) is 10.6. The van der Waals surface area contributed by atoms with Gasteiger partial charge in [-0.2, -0.15) is 0 Å². The van der Waals surface area contributed by atoms with Crippen molar-refractivity contribution in [3.05, 3.63) is 34.3 Å². The number of aryl methyl sites for hydroxylation is 1. The van der Waals surface area contributed by atoms with E-state index in [4.69, 9.17) is 11.6 Å². The fourth-order valence-electron chi connectivity index (χ4n) is 1.19. The zero-order valence-corrected chi connectivity index (χ0v) is 10.4. The smallest absolute Gasteiger partial charge is 0.162 e. The van der Waals surface area contributed by atoms with E-state index in [0.717, 1.165) is 22.9 Å². The molecule has 1 nitrogen and oxygen atoms in total. The van der Waals surface area contributed by atoms with E-state index in [1.165, 1.54) is 0 Å². The van der Waals surface area contributed by atoms with Crippen LogP contribution in [0, 0.1) is 6.92 Å². The van der Waals surface area contributed by atoms with E-state index in [9.17, 15) is 4.79 Å². The molecule has 1 aromatic carbocycles. The molecule has 0 N–H and O–H groups in total. The molecule has 76 valence electrons. The molecule has 0 aliphatic carbocycles. The fourth-order valence-corrected chi connectivity index (χ4v) is 1.59. The van der Waals surface area contributed by atoms with Crippen molar-refractivity contribution in [3.8, 4) is 0 Å². The van der Waals surface area contributed by atoms with Crippen molar-refractivity contribution in [2.24, 2.45) is 0 Å². The number of rotatable bonds is 4. The van der Waals surface area contributed by atoms with Crippen molar-refractivity contribution in [2.45, 2.75) is 19.8 Å². The Hall–Kier alpha value is -0.340. The van der Waals surface area contributed by atoms with Gasteiger partial charge >= 0.3 is 0 Å². The van der Waals surface area contributed by atoms with E-state index in [1.807, 2.05) is 13.0 Å². The van der Waals surface area contributed by atoms with Gasteiger partial charge in [-0.15, -0.1) is 0 Å². The van der Waals surface area contributed by atoms with E-state index in [1.54, 1.807) is 12.1 Å². The Morgan fingerprint density at radius 2 is 2.21 bits per heavy atom. The largest absolute Gasteiger partial charge is 0.294 e. The number of carbonyl (C=O) groups excluding carboxylic acids is 1. The number of halogens is 2. The first-order valence-corrected chi connectivity index (χ1v) is 6.00. The van der Waals surface area contributed by atoms with E-state index in [-0.39, 0.29) is 5.78 Å². The molecular formula is C11H12BrClO. The highest BCUT2D eigenvalue weighted by Gasteiger charge is 2.06. The highest BCUT2D eigenvalue weighted by Crippen LogP contribution is 2.17. The lowest BCUT2D eigenvalue weighted by molar-refractivity contribution is 0.0982. The molecule has 0 heterocycles. The van der Waals surface area contributed by atoms with Crippen LogP contribution in [0.2, 0.25) is 5.02 Å². The minimum Gasteiger partial charge on any atom is -0.294 e. The number of hydrogen-bond acceptors (Lipinski definition) is 1. The number of Topliss-reactive ketones (excluding diaryl/α,β-unsaturated/α-hetero) is 1. The molecule has 0 spiro atoms. The maximum atomic E-state index is 11.6. The van der Waals surface area contributed by atoms with E-state index in [2.05, 4.69) is 15.9 Å². The first kappa shape index (κ1) is 11.7. The molecule has 1 rings (SSSR count). The normalized spacial score (nSPS) is 10.2. The second kappa shape index (κ2) is 5.52. The molecule has 14 heavy (non-hydrogen) atoms. The third kappa shape index (κ3) is 3.10. The Morgan fingerprint density at radius 1 is 1.50 bits per heavy atom. The molecule has 3 heteroatoms. The number of hydrogen-bond donors (Lipinski definition) is 0. The van der Waals surface area contributed by atoms with Gasteiger partial charge in [0.25, 0.3) is 0 Å². The van der Waals surface area contributed by atoms with Crippen LogP contribution in [-0.4, -0.2) is 11.1 Å². The summed E-state index contributed by atoms with van der Waals surface area (Å²) in [5.74, 6) is 0.184. The Morgan fingerprint density at radius 3 is 2.79 bits per heavy atom. The van der Waals surface area contributed by atoms with Gasteiger partial charge in [-0.3, -0.25) is 4.79 Å². The molecule has 0 saturated carbocycles. The van der Waals surface area contributed by atoms with Crippen LogP contribution in [0.1, 0.15) is 28.8 Å².